The molecule has 2 saturated heterocycles. The smallest absolute Gasteiger partial charge is 0.134 e. The third-order valence-corrected chi connectivity index (χ3v) is 4.05. The van der Waals surface area contributed by atoms with Crippen LogP contribution in [0.1, 0.15) is 25.7 Å². The van der Waals surface area contributed by atoms with Crippen LogP contribution in [0.2, 0.25) is 0 Å². The largest absolute Gasteiger partial charge is 0.394 e. The minimum atomic E-state index is 0.184. The van der Waals surface area contributed by atoms with Crippen molar-refractivity contribution >= 4 is 11.6 Å². The molecule has 0 unspecified atom stereocenters. The molecule has 0 aliphatic carbocycles. The molecule has 3 heterocycles. The highest BCUT2D eigenvalue weighted by molar-refractivity contribution is 5.50. The molecule has 1 aromatic heterocycles. The highest BCUT2D eigenvalue weighted by Crippen LogP contribution is 2.25. The maximum atomic E-state index is 9.41. The van der Waals surface area contributed by atoms with Gasteiger partial charge in [-0.25, -0.2) is 9.97 Å². The number of aliphatic hydroxyl groups excluding tert-OH is 1. The summed E-state index contributed by atoms with van der Waals surface area (Å²) in [4.78, 5) is 10.8. The lowest BCUT2D eigenvalue weighted by Crippen LogP contribution is -2.33. The van der Waals surface area contributed by atoms with Gasteiger partial charge in [-0.05, 0) is 25.7 Å². The minimum Gasteiger partial charge on any atom is -0.394 e. The first-order valence-corrected chi connectivity index (χ1v) is 7.40. The van der Waals surface area contributed by atoms with Gasteiger partial charge in [0, 0.05) is 19.2 Å². The van der Waals surface area contributed by atoms with Crippen LogP contribution >= 0.6 is 0 Å². The highest BCUT2D eigenvalue weighted by Gasteiger charge is 2.25. The fourth-order valence-electron chi connectivity index (χ4n) is 2.97. The standard InChI is InChI=1S/C14H22N4O2/c19-8-12-4-1-5-18(12)14-7-13(15-10-16-14)17-11-3-2-6-20-9-11/h7,10-12,19H,1-6,8-9H2,(H,15,16,17)/t11-,12+/m0/s1. The molecular weight excluding hydrogens is 256 g/mol. The van der Waals surface area contributed by atoms with Crippen molar-refractivity contribution in [2.75, 3.05) is 36.6 Å². The van der Waals surface area contributed by atoms with Crippen molar-refractivity contribution in [3.8, 4) is 0 Å². The lowest BCUT2D eigenvalue weighted by Gasteiger charge is -2.26. The van der Waals surface area contributed by atoms with E-state index in [1.165, 1.54) is 0 Å². The summed E-state index contributed by atoms with van der Waals surface area (Å²) in [7, 11) is 0. The molecule has 0 bridgehead atoms. The second-order valence-corrected chi connectivity index (χ2v) is 5.49. The van der Waals surface area contributed by atoms with Crippen LogP contribution in [0.3, 0.4) is 0 Å². The molecule has 2 aliphatic heterocycles. The van der Waals surface area contributed by atoms with Crippen molar-refractivity contribution in [3.05, 3.63) is 12.4 Å². The number of ether oxygens (including phenoxy) is 1. The van der Waals surface area contributed by atoms with Gasteiger partial charge < -0.3 is 20.1 Å². The van der Waals surface area contributed by atoms with Gasteiger partial charge in [-0.1, -0.05) is 0 Å². The molecule has 6 heteroatoms. The number of rotatable bonds is 4. The topological polar surface area (TPSA) is 70.5 Å². The zero-order valence-corrected chi connectivity index (χ0v) is 11.7. The molecule has 2 atom stereocenters. The van der Waals surface area contributed by atoms with Gasteiger partial charge in [0.25, 0.3) is 0 Å². The van der Waals surface area contributed by atoms with Crippen LogP contribution < -0.4 is 10.2 Å². The molecule has 0 radical (unpaired) electrons. The van der Waals surface area contributed by atoms with E-state index >= 15 is 0 Å². The average Bonchev–Trinajstić information content (AvgIpc) is 2.97. The number of aliphatic hydroxyl groups is 1. The molecule has 2 aliphatic rings. The van der Waals surface area contributed by atoms with E-state index in [1.54, 1.807) is 6.33 Å². The summed E-state index contributed by atoms with van der Waals surface area (Å²) < 4.78 is 5.47. The first-order chi connectivity index (χ1) is 9.86. The van der Waals surface area contributed by atoms with E-state index in [2.05, 4.69) is 20.2 Å². The Morgan fingerprint density at radius 1 is 1.35 bits per heavy atom. The Kier molecular flexibility index (Phi) is 4.32. The maximum absolute atomic E-state index is 9.41. The number of nitrogens with zero attached hydrogens (tertiary/aromatic N) is 3. The van der Waals surface area contributed by atoms with Gasteiger partial charge in [0.1, 0.15) is 18.0 Å². The molecule has 2 fully saturated rings. The molecule has 1 aromatic rings. The fraction of sp³-hybridized carbons (Fsp3) is 0.714. The van der Waals surface area contributed by atoms with Gasteiger partial charge in [0.15, 0.2) is 0 Å². The van der Waals surface area contributed by atoms with Crippen LogP contribution in [0.5, 0.6) is 0 Å². The van der Waals surface area contributed by atoms with E-state index in [4.69, 9.17) is 4.74 Å². The highest BCUT2D eigenvalue weighted by atomic mass is 16.5. The number of hydrogen-bond acceptors (Lipinski definition) is 6. The van der Waals surface area contributed by atoms with E-state index in [0.29, 0.717) is 6.04 Å². The van der Waals surface area contributed by atoms with Crippen molar-refractivity contribution in [1.82, 2.24) is 9.97 Å². The molecule has 0 spiro atoms. The Bertz CT molecular complexity index is 437. The molecular formula is C14H22N4O2. The average molecular weight is 278 g/mol. The second kappa shape index (κ2) is 6.37. The Labute approximate surface area is 119 Å². The lowest BCUT2D eigenvalue weighted by molar-refractivity contribution is 0.0875. The van der Waals surface area contributed by atoms with E-state index in [9.17, 15) is 5.11 Å². The zero-order valence-electron chi connectivity index (χ0n) is 11.7. The van der Waals surface area contributed by atoms with Gasteiger partial charge in [0.2, 0.25) is 0 Å². The molecule has 20 heavy (non-hydrogen) atoms. The Morgan fingerprint density at radius 3 is 3.10 bits per heavy atom. The van der Waals surface area contributed by atoms with Crippen LogP contribution in [0.25, 0.3) is 0 Å². The van der Waals surface area contributed by atoms with E-state index < -0.39 is 0 Å². The quantitative estimate of drug-likeness (QED) is 0.857. The third kappa shape index (κ3) is 3.02. The van der Waals surface area contributed by atoms with E-state index in [1.807, 2.05) is 6.07 Å². The van der Waals surface area contributed by atoms with Gasteiger partial charge in [-0.3, -0.25) is 0 Å². The van der Waals surface area contributed by atoms with Crippen molar-refractivity contribution in [1.29, 1.82) is 0 Å². The SMILES string of the molecule is OC[C@H]1CCCN1c1cc(N[C@H]2CCCOC2)ncn1. The van der Waals surface area contributed by atoms with Gasteiger partial charge in [0.05, 0.1) is 25.3 Å². The third-order valence-electron chi connectivity index (χ3n) is 4.05. The predicted octanol–water partition coefficient (Wildman–Crippen LogP) is 1.03. The van der Waals surface area contributed by atoms with Gasteiger partial charge in [-0.2, -0.15) is 0 Å². The van der Waals surface area contributed by atoms with Crippen molar-refractivity contribution < 1.29 is 9.84 Å². The lowest BCUT2D eigenvalue weighted by atomic mass is 10.1. The Balaban J connectivity index is 1.69. The summed E-state index contributed by atoms with van der Waals surface area (Å²) in [5.74, 6) is 1.74. The molecule has 0 aromatic carbocycles. The molecule has 3 rings (SSSR count). The van der Waals surface area contributed by atoms with Crippen molar-refractivity contribution in [3.63, 3.8) is 0 Å². The van der Waals surface area contributed by atoms with E-state index in [-0.39, 0.29) is 12.6 Å². The molecule has 2 N–H and O–H groups in total. The molecule has 0 amide bonds. The summed E-state index contributed by atoms with van der Waals surface area (Å²) in [6.45, 7) is 2.74. The van der Waals surface area contributed by atoms with Gasteiger partial charge in [-0.15, -0.1) is 0 Å². The number of hydrogen-bond donors (Lipinski definition) is 2. The maximum Gasteiger partial charge on any atom is 0.134 e. The summed E-state index contributed by atoms with van der Waals surface area (Å²) in [6.07, 6.45) is 5.93. The number of nitrogens with one attached hydrogen (secondary N) is 1. The van der Waals surface area contributed by atoms with E-state index in [0.717, 1.165) is 57.1 Å². The molecule has 6 nitrogen and oxygen atoms in total. The predicted molar refractivity (Wildman–Crippen MR) is 76.9 cm³/mol. The monoisotopic (exact) mass is 278 g/mol. The van der Waals surface area contributed by atoms with Crippen LogP contribution in [0.15, 0.2) is 12.4 Å². The first-order valence-electron chi connectivity index (χ1n) is 7.40. The van der Waals surface area contributed by atoms with Crippen molar-refractivity contribution in [2.24, 2.45) is 0 Å². The van der Waals surface area contributed by atoms with Crippen LogP contribution in [0, 0.1) is 0 Å². The Hall–Kier alpha value is -1.40. The fourth-order valence-corrected chi connectivity index (χ4v) is 2.97. The normalized spacial score (nSPS) is 26.8. The molecule has 110 valence electrons. The van der Waals surface area contributed by atoms with Crippen LogP contribution in [-0.4, -0.2) is 53.5 Å². The van der Waals surface area contributed by atoms with Crippen LogP contribution in [0.4, 0.5) is 11.6 Å². The van der Waals surface area contributed by atoms with Gasteiger partial charge >= 0.3 is 0 Å². The van der Waals surface area contributed by atoms with Crippen molar-refractivity contribution in [2.45, 2.75) is 37.8 Å². The minimum absolute atomic E-state index is 0.184. The molecule has 0 saturated carbocycles. The Morgan fingerprint density at radius 2 is 2.30 bits per heavy atom. The summed E-state index contributed by atoms with van der Waals surface area (Å²) in [5, 5.41) is 12.8. The number of anilines is 2. The van der Waals surface area contributed by atoms with Crippen LogP contribution in [-0.2, 0) is 4.74 Å². The number of aromatic nitrogens is 2. The first kappa shape index (κ1) is 13.6. The summed E-state index contributed by atoms with van der Waals surface area (Å²) in [6, 6.07) is 2.50. The zero-order chi connectivity index (χ0) is 13.8. The second-order valence-electron chi connectivity index (χ2n) is 5.49. The summed E-state index contributed by atoms with van der Waals surface area (Å²) >= 11 is 0. The summed E-state index contributed by atoms with van der Waals surface area (Å²) in [5.41, 5.74) is 0.